The molecule has 0 radical (unpaired) electrons. The van der Waals surface area contributed by atoms with Gasteiger partial charge in [-0.05, 0) is 48.4 Å². The number of carboxylic acid groups (broad SMARTS) is 2. The lowest BCUT2D eigenvalue weighted by molar-refractivity contribution is -0.192. The predicted octanol–water partition coefficient (Wildman–Crippen LogP) is 5.92. The predicted molar refractivity (Wildman–Crippen MR) is 133 cm³/mol. The fourth-order valence-electron chi connectivity index (χ4n) is 3.87. The number of alkyl halides is 3. The lowest BCUT2D eigenvalue weighted by Gasteiger charge is -2.21. The van der Waals surface area contributed by atoms with Gasteiger partial charge in [0.05, 0.1) is 11.3 Å². The number of aliphatic carboxylic acids is 1. The number of nitrogens with one attached hydrogen (secondary N) is 1. The standard InChI is InChI=1S/C24H21ClN2O3.C2HF3O2/c25-19-8-4-7-17(13-19)23(28)26-20-9-10-22(21(14-20)24(29)30)27-12-11-18(15-27)16-5-2-1-3-6-16;3-2(4,5)1(6)7/h1-10,13-14,18H,11-12,15H2,(H,26,28)(H,29,30);(H,6,7). The molecule has 0 saturated carbocycles. The molecular formula is C26H22ClF3N2O5. The van der Waals surface area contributed by atoms with Gasteiger partial charge in [-0.15, -0.1) is 0 Å². The van der Waals surface area contributed by atoms with E-state index in [1.165, 1.54) is 11.6 Å². The molecule has 1 heterocycles. The lowest BCUT2D eigenvalue weighted by atomic mass is 9.99. The molecule has 1 atom stereocenters. The molecule has 1 fully saturated rings. The monoisotopic (exact) mass is 534 g/mol. The van der Waals surface area contributed by atoms with Gasteiger partial charge < -0.3 is 20.4 Å². The summed E-state index contributed by atoms with van der Waals surface area (Å²) in [5.74, 6) is -3.75. The van der Waals surface area contributed by atoms with Crippen molar-refractivity contribution in [3.63, 3.8) is 0 Å². The number of carboxylic acids is 2. The van der Waals surface area contributed by atoms with Crippen LogP contribution in [0, 0.1) is 0 Å². The van der Waals surface area contributed by atoms with Crippen molar-refractivity contribution in [2.75, 3.05) is 23.3 Å². The molecule has 7 nitrogen and oxygen atoms in total. The molecule has 1 aliphatic heterocycles. The largest absolute Gasteiger partial charge is 0.490 e. The van der Waals surface area contributed by atoms with Crippen molar-refractivity contribution < 1.29 is 37.8 Å². The zero-order chi connectivity index (χ0) is 27.2. The Balaban J connectivity index is 0.000000479. The SMILES string of the molecule is O=C(Nc1ccc(N2CCC(c3ccccc3)C2)c(C(=O)O)c1)c1cccc(Cl)c1.O=C(O)C(F)(F)F. The van der Waals surface area contributed by atoms with Gasteiger partial charge in [0.25, 0.3) is 5.91 Å². The average molecular weight is 535 g/mol. The minimum Gasteiger partial charge on any atom is -0.478 e. The van der Waals surface area contributed by atoms with Crippen LogP contribution in [-0.2, 0) is 4.79 Å². The van der Waals surface area contributed by atoms with Crippen molar-refractivity contribution in [3.8, 4) is 0 Å². The highest BCUT2D eigenvalue weighted by Crippen LogP contribution is 2.33. The van der Waals surface area contributed by atoms with Gasteiger partial charge in [-0.2, -0.15) is 13.2 Å². The number of benzene rings is 3. The van der Waals surface area contributed by atoms with Crippen LogP contribution in [0.1, 0.15) is 38.6 Å². The maximum atomic E-state index is 12.5. The van der Waals surface area contributed by atoms with E-state index in [4.69, 9.17) is 21.5 Å². The quantitative estimate of drug-likeness (QED) is 0.375. The number of hydrogen-bond acceptors (Lipinski definition) is 4. The first kappa shape index (κ1) is 27.5. The third-order valence-electron chi connectivity index (χ3n) is 5.61. The van der Waals surface area contributed by atoms with E-state index in [1.807, 2.05) is 18.2 Å². The van der Waals surface area contributed by atoms with Crippen LogP contribution in [0.5, 0.6) is 0 Å². The Kier molecular flexibility index (Phi) is 8.77. The van der Waals surface area contributed by atoms with Crippen molar-refractivity contribution in [3.05, 3.63) is 94.5 Å². The van der Waals surface area contributed by atoms with Crippen LogP contribution in [0.2, 0.25) is 5.02 Å². The fraction of sp³-hybridized carbons (Fsp3) is 0.192. The van der Waals surface area contributed by atoms with Crippen LogP contribution in [0.25, 0.3) is 0 Å². The van der Waals surface area contributed by atoms with Crippen LogP contribution in [0.15, 0.2) is 72.8 Å². The minimum absolute atomic E-state index is 0.174. The van der Waals surface area contributed by atoms with E-state index >= 15 is 0 Å². The van der Waals surface area contributed by atoms with Crippen molar-refractivity contribution in [1.29, 1.82) is 0 Å². The van der Waals surface area contributed by atoms with Crippen molar-refractivity contribution in [1.82, 2.24) is 0 Å². The molecule has 3 aromatic carbocycles. The molecule has 1 aliphatic rings. The lowest BCUT2D eigenvalue weighted by Crippen LogP contribution is -2.22. The number of carbonyl (C=O) groups excluding carboxylic acids is 1. The molecule has 0 bridgehead atoms. The van der Waals surface area contributed by atoms with Crippen LogP contribution >= 0.6 is 11.6 Å². The minimum atomic E-state index is -5.08. The Morgan fingerprint density at radius 3 is 2.22 bits per heavy atom. The maximum absolute atomic E-state index is 12.5. The summed E-state index contributed by atoms with van der Waals surface area (Å²) in [4.78, 5) is 35.4. The number of anilines is 2. The highest BCUT2D eigenvalue weighted by Gasteiger charge is 2.38. The zero-order valence-electron chi connectivity index (χ0n) is 19.2. The number of aromatic carboxylic acids is 1. The van der Waals surface area contributed by atoms with Crippen LogP contribution in [0.3, 0.4) is 0 Å². The summed E-state index contributed by atoms with van der Waals surface area (Å²) in [6, 6.07) is 21.9. The summed E-state index contributed by atoms with van der Waals surface area (Å²) < 4.78 is 31.7. The molecule has 1 amide bonds. The molecule has 1 unspecified atom stereocenters. The summed E-state index contributed by atoms with van der Waals surface area (Å²) in [5.41, 5.74) is 2.95. The number of hydrogen-bond donors (Lipinski definition) is 3. The Hall–Kier alpha value is -4.05. The van der Waals surface area contributed by atoms with E-state index in [0.717, 1.165) is 19.5 Å². The summed E-state index contributed by atoms with van der Waals surface area (Å²) in [7, 11) is 0. The van der Waals surface area contributed by atoms with Gasteiger partial charge in [0.2, 0.25) is 0 Å². The highest BCUT2D eigenvalue weighted by molar-refractivity contribution is 6.31. The third-order valence-corrected chi connectivity index (χ3v) is 5.85. The van der Waals surface area contributed by atoms with Gasteiger partial charge in [-0.3, -0.25) is 4.79 Å². The van der Waals surface area contributed by atoms with E-state index < -0.39 is 18.1 Å². The van der Waals surface area contributed by atoms with E-state index in [9.17, 15) is 27.9 Å². The summed E-state index contributed by atoms with van der Waals surface area (Å²) in [5, 5.41) is 20.1. The second kappa shape index (κ2) is 11.8. The van der Waals surface area contributed by atoms with Gasteiger partial charge in [0.15, 0.2) is 0 Å². The molecular weight excluding hydrogens is 513 g/mol. The number of rotatable bonds is 5. The number of nitrogens with zero attached hydrogens (tertiary/aromatic N) is 1. The van der Waals surface area contributed by atoms with Crippen molar-refractivity contribution >= 4 is 40.8 Å². The summed E-state index contributed by atoms with van der Waals surface area (Å²) in [6.45, 7) is 1.55. The first-order chi connectivity index (χ1) is 17.5. The summed E-state index contributed by atoms with van der Waals surface area (Å²) in [6.07, 6.45) is -4.11. The van der Waals surface area contributed by atoms with Crippen LogP contribution < -0.4 is 10.2 Å². The molecule has 0 spiro atoms. The van der Waals surface area contributed by atoms with E-state index in [0.29, 0.717) is 27.9 Å². The van der Waals surface area contributed by atoms with Gasteiger partial charge in [-0.25, -0.2) is 9.59 Å². The maximum Gasteiger partial charge on any atom is 0.490 e. The molecule has 4 rings (SSSR count). The molecule has 0 aliphatic carbocycles. The number of carbonyl (C=O) groups is 3. The topological polar surface area (TPSA) is 107 Å². The molecule has 3 N–H and O–H groups in total. The van der Waals surface area contributed by atoms with Gasteiger partial charge in [0, 0.05) is 35.3 Å². The highest BCUT2D eigenvalue weighted by atomic mass is 35.5. The first-order valence-corrected chi connectivity index (χ1v) is 11.4. The Bertz CT molecular complexity index is 1280. The third kappa shape index (κ3) is 7.47. The number of amides is 1. The van der Waals surface area contributed by atoms with Crippen LogP contribution in [-0.4, -0.2) is 47.3 Å². The smallest absolute Gasteiger partial charge is 0.478 e. The second-order valence-electron chi connectivity index (χ2n) is 8.15. The van der Waals surface area contributed by atoms with E-state index in [1.54, 1.807) is 36.4 Å². The Morgan fingerprint density at radius 1 is 0.946 bits per heavy atom. The molecule has 37 heavy (non-hydrogen) atoms. The van der Waals surface area contributed by atoms with Gasteiger partial charge in [-0.1, -0.05) is 48.0 Å². The molecule has 11 heteroatoms. The average Bonchev–Trinajstić information content (AvgIpc) is 3.34. The Morgan fingerprint density at radius 2 is 1.62 bits per heavy atom. The fourth-order valence-corrected chi connectivity index (χ4v) is 4.06. The first-order valence-electron chi connectivity index (χ1n) is 11.0. The van der Waals surface area contributed by atoms with Crippen molar-refractivity contribution in [2.45, 2.75) is 18.5 Å². The van der Waals surface area contributed by atoms with E-state index in [-0.39, 0.29) is 11.5 Å². The van der Waals surface area contributed by atoms with Crippen molar-refractivity contribution in [2.24, 2.45) is 0 Å². The molecule has 194 valence electrons. The molecule has 1 saturated heterocycles. The van der Waals surface area contributed by atoms with Crippen LogP contribution in [0.4, 0.5) is 24.5 Å². The van der Waals surface area contributed by atoms with E-state index in [2.05, 4.69) is 22.3 Å². The zero-order valence-corrected chi connectivity index (χ0v) is 20.0. The van der Waals surface area contributed by atoms with Gasteiger partial charge >= 0.3 is 18.1 Å². The van der Waals surface area contributed by atoms with Gasteiger partial charge in [0.1, 0.15) is 0 Å². The summed E-state index contributed by atoms with van der Waals surface area (Å²) >= 11 is 5.94. The molecule has 3 aromatic rings. The number of halogens is 4. The second-order valence-corrected chi connectivity index (χ2v) is 8.58. The normalized spacial score (nSPS) is 14.9. The Labute approximate surface area is 215 Å². The molecule has 0 aromatic heterocycles.